The van der Waals surface area contributed by atoms with Gasteiger partial charge in [-0.3, -0.25) is 9.97 Å². The lowest BCUT2D eigenvalue weighted by atomic mass is 9.94. The fourth-order valence-corrected chi connectivity index (χ4v) is 9.59. The van der Waals surface area contributed by atoms with Crippen molar-refractivity contribution in [1.29, 1.82) is 0 Å². The summed E-state index contributed by atoms with van der Waals surface area (Å²) in [6.45, 7) is 13.8. The summed E-state index contributed by atoms with van der Waals surface area (Å²) in [5, 5.41) is 2.38. The van der Waals surface area contributed by atoms with Crippen LogP contribution >= 0.6 is 0 Å². The highest BCUT2D eigenvalue weighted by Crippen LogP contribution is 2.31. The number of hydrogen-bond acceptors (Lipinski definition) is 2. The van der Waals surface area contributed by atoms with Gasteiger partial charge in [0.05, 0.1) is 0 Å². The summed E-state index contributed by atoms with van der Waals surface area (Å²) in [4.78, 5) is 9.50. The van der Waals surface area contributed by atoms with E-state index >= 15 is 0 Å². The second kappa shape index (κ2) is 12.4. The van der Waals surface area contributed by atoms with Gasteiger partial charge in [-0.25, -0.2) is 0 Å². The lowest BCUT2D eigenvalue weighted by Gasteiger charge is -2.22. The van der Waals surface area contributed by atoms with Crippen LogP contribution in [0, 0.1) is 13.8 Å². The Morgan fingerprint density at radius 1 is 0.452 bits per heavy atom. The maximum absolute atomic E-state index is 4.75. The third kappa shape index (κ3) is 6.84. The molecule has 0 aliphatic rings. The molecule has 42 heavy (non-hydrogen) atoms. The van der Waals surface area contributed by atoms with Gasteiger partial charge in [0, 0.05) is 23.0 Å². The van der Waals surface area contributed by atoms with E-state index in [-0.39, 0.29) is 0 Å². The number of aromatic nitrogens is 2. The van der Waals surface area contributed by atoms with Crippen LogP contribution in [0.1, 0.15) is 33.4 Å². The van der Waals surface area contributed by atoms with E-state index in [1.165, 1.54) is 55.2 Å². The van der Waals surface area contributed by atoms with Gasteiger partial charge in [0.2, 0.25) is 0 Å². The van der Waals surface area contributed by atoms with Gasteiger partial charge in [-0.2, -0.15) is 0 Å². The minimum absolute atomic E-state index is 1.19. The van der Waals surface area contributed by atoms with Crippen molar-refractivity contribution < 1.29 is 0 Å². The molecule has 0 amide bonds. The molecule has 0 aliphatic carbocycles. The molecular weight excluding hydrogens is 541 g/mol. The molecule has 2 nitrogen and oxygen atoms in total. The van der Waals surface area contributed by atoms with Gasteiger partial charge >= 0.3 is 0 Å². The van der Waals surface area contributed by atoms with Crippen LogP contribution in [0.4, 0.5) is 0 Å². The standard InChI is InChI=1S/C38H40N2Si2/c1-29-13-17-31(18-14-29)35(27-41(3,4)37-11-7-9-25-39-37)33-21-23-34(24-22-33)36(32-19-15-30(2)16-20-32)28-42(5,6)38-12-8-10-26-40-38/h7-28H,1-6H3/b35-27+,36-28+. The second-order valence-corrected chi connectivity index (χ2v) is 20.8. The van der Waals surface area contributed by atoms with Crippen LogP contribution in [0.25, 0.3) is 11.1 Å². The predicted octanol–water partition coefficient (Wildman–Crippen LogP) is 8.27. The van der Waals surface area contributed by atoms with E-state index in [9.17, 15) is 0 Å². The molecule has 0 atom stereocenters. The molecule has 0 spiro atoms. The fourth-order valence-electron chi connectivity index (χ4n) is 5.32. The normalized spacial score (nSPS) is 12.8. The summed E-state index contributed by atoms with van der Waals surface area (Å²) in [5.41, 5.74) is 15.0. The van der Waals surface area contributed by atoms with Crippen molar-refractivity contribution in [1.82, 2.24) is 9.97 Å². The molecule has 0 N–H and O–H groups in total. The minimum Gasteiger partial charge on any atom is -0.266 e. The highest BCUT2D eigenvalue weighted by atomic mass is 28.3. The fraction of sp³-hybridized carbons (Fsp3) is 0.158. The van der Waals surface area contributed by atoms with E-state index in [1.54, 1.807) is 0 Å². The first kappa shape index (κ1) is 29.4. The van der Waals surface area contributed by atoms with Gasteiger partial charge in [0.1, 0.15) is 16.1 Å². The lowest BCUT2D eigenvalue weighted by molar-refractivity contribution is 1.37. The van der Waals surface area contributed by atoms with Crippen LogP contribution in [-0.2, 0) is 0 Å². The van der Waals surface area contributed by atoms with Gasteiger partial charge in [0.25, 0.3) is 0 Å². The Kier molecular flexibility index (Phi) is 8.67. The smallest absolute Gasteiger partial charge is 0.128 e. The number of nitrogens with zero attached hydrogens (tertiary/aromatic N) is 2. The maximum atomic E-state index is 4.75. The zero-order valence-electron chi connectivity index (χ0n) is 25.6. The zero-order valence-corrected chi connectivity index (χ0v) is 27.6. The first-order valence-corrected chi connectivity index (χ1v) is 20.8. The van der Waals surface area contributed by atoms with Crippen LogP contribution in [0.15, 0.2) is 133 Å². The predicted molar refractivity (Wildman–Crippen MR) is 186 cm³/mol. The maximum Gasteiger partial charge on any atom is 0.128 e. The van der Waals surface area contributed by atoms with Crippen LogP contribution in [-0.4, -0.2) is 26.1 Å². The number of pyridine rings is 2. The van der Waals surface area contributed by atoms with Gasteiger partial charge in [0.15, 0.2) is 0 Å². The largest absolute Gasteiger partial charge is 0.266 e. The van der Waals surface area contributed by atoms with E-state index in [1.807, 2.05) is 24.5 Å². The van der Waals surface area contributed by atoms with Crippen molar-refractivity contribution in [2.75, 3.05) is 0 Å². The summed E-state index contributed by atoms with van der Waals surface area (Å²) in [7, 11) is -3.94. The van der Waals surface area contributed by atoms with Gasteiger partial charge < -0.3 is 0 Å². The van der Waals surface area contributed by atoms with Crippen molar-refractivity contribution in [3.8, 4) is 0 Å². The summed E-state index contributed by atoms with van der Waals surface area (Å²) < 4.78 is 0. The molecule has 0 bridgehead atoms. The van der Waals surface area contributed by atoms with Gasteiger partial charge in [-0.15, -0.1) is 0 Å². The minimum atomic E-state index is -1.97. The molecule has 0 saturated carbocycles. The van der Waals surface area contributed by atoms with Crippen LogP contribution < -0.4 is 10.6 Å². The molecule has 0 unspecified atom stereocenters. The van der Waals surface area contributed by atoms with E-state index in [0.717, 1.165) is 0 Å². The van der Waals surface area contributed by atoms with E-state index < -0.39 is 16.1 Å². The molecule has 5 aromatic rings. The Balaban J connectivity index is 1.61. The molecule has 0 fully saturated rings. The molecule has 2 aromatic heterocycles. The Morgan fingerprint density at radius 3 is 1.05 bits per heavy atom. The summed E-state index contributed by atoms with van der Waals surface area (Å²) in [5.74, 6) is 0. The molecule has 5 rings (SSSR count). The summed E-state index contributed by atoms with van der Waals surface area (Å²) >= 11 is 0. The molecular formula is C38H40N2Si2. The third-order valence-corrected chi connectivity index (χ3v) is 13.1. The van der Waals surface area contributed by atoms with Crippen molar-refractivity contribution in [2.24, 2.45) is 0 Å². The number of hydrogen-bond donors (Lipinski definition) is 0. The first-order valence-electron chi connectivity index (χ1n) is 14.7. The van der Waals surface area contributed by atoms with Crippen LogP contribution in [0.5, 0.6) is 0 Å². The number of rotatable bonds is 8. The zero-order chi connectivity index (χ0) is 29.7. The van der Waals surface area contributed by atoms with Crippen molar-refractivity contribution in [2.45, 2.75) is 40.0 Å². The monoisotopic (exact) mass is 580 g/mol. The quantitative estimate of drug-likeness (QED) is 0.173. The van der Waals surface area contributed by atoms with Crippen molar-refractivity contribution in [3.63, 3.8) is 0 Å². The Morgan fingerprint density at radius 2 is 0.762 bits per heavy atom. The molecule has 210 valence electrons. The average molecular weight is 581 g/mol. The average Bonchev–Trinajstić information content (AvgIpc) is 3.01. The highest BCUT2D eigenvalue weighted by molar-refractivity contribution is 6.94. The van der Waals surface area contributed by atoms with Gasteiger partial charge in [-0.1, -0.05) is 134 Å². The molecule has 3 aromatic carbocycles. The van der Waals surface area contributed by atoms with E-state index in [4.69, 9.17) is 9.97 Å². The first-order chi connectivity index (χ1) is 20.1. The third-order valence-electron chi connectivity index (χ3n) is 7.89. The number of aryl methyl sites for hydroxylation is 2. The summed E-state index contributed by atoms with van der Waals surface area (Å²) in [6.07, 6.45) is 3.82. The summed E-state index contributed by atoms with van der Waals surface area (Å²) in [6, 6.07) is 39.5. The van der Waals surface area contributed by atoms with Crippen molar-refractivity contribution in [3.05, 3.63) is 166 Å². The van der Waals surface area contributed by atoms with Crippen LogP contribution in [0.3, 0.4) is 0 Å². The highest BCUT2D eigenvalue weighted by Gasteiger charge is 2.25. The molecule has 4 heteroatoms. The molecule has 2 heterocycles. The molecule has 0 radical (unpaired) electrons. The van der Waals surface area contributed by atoms with Gasteiger partial charge in [-0.05, 0) is 71.5 Å². The Bertz CT molecular complexity index is 1550. The molecule has 0 saturated heterocycles. The lowest BCUT2D eigenvalue weighted by Crippen LogP contribution is -2.42. The van der Waals surface area contributed by atoms with Crippen molar-refractivity contribution >= 4 is 37.9 Å². The molecule has 0 aliphatic heterocycles. The second-order valence-electron chi connectivity index (χ2n) is 12.3. The van der Waals surface area contributed by atoms with E-state index in [0.29, 0.717) is 0 Å². The van der Waals surface area contributed by atoms with Crippen LogP contribution in [0.2, 0.25) is 26.2 Å². The van der Waals surface area contributed by atoms with E-state index in [2.05, 4.69) is 148 Å². The Labute approximate surface area is 253 Å². The Hall–Kier alpha value is -4.13. The number of benzene rings is 3. The SMILES string of the molecule is Cc1ccc(/C(=C\[Si](C)(C)c2ccccn2)c2ccc(/C(=C/[Si](C)(C)c3ccccn3)c3ccc(C)cc3)cc2)cc1. The topological polar surface area (TPSA) is 25.8 Å².